The third-order valence-corrected chi connectivity index (χ3v) is 5.46. The SMILES string of the molecule is O=c1c(Cc2cccc(Br)c2)nc(-c2ccccc2)nn1CCN1CCOCC1. The molecule has 1 aliphatic rings. The highest BCUT2D eigenvalue weighted by Crippen LogP contribution is 2.16. The summed E-state index contributed by atoms with van der Waals surface area (Å²) < 4.78 is 7.96. The Morgan fingerprint density at radius 1 is 1.00 bits per heavy atom. The lowest BCUT2D eigenvalue weighted by atomic mass is 10.1. The van der Waals surface area contributed by atoms with Crippen molar-refractivity contribution in [1.82, 2.24) is 19.7 Å². The molecule has 29 heavy (non-hydrogen) atoms. The number of ether oxygens (including phenoxy) is 1. The van der Waals surface area contributed by atoms with E-state index in [-0.39, 0.29) is 5.56 Å². The second-order valence-corrected chi connectivity index (χ2v) is 7.95. The molecule has 0 unspecified atom stereocenters. The van der Waals surface area contributed by atoms with Crippen LogP contribution in [0.3, 0.4) is 0 Å². The highest BCUT2D eigenvalue weighted by atomic mass is 79.9. The Morgan fingerprint density at radius 2 is 1.79 bits per heavy atom. The van der Waals surface area contributed by atoms with Crippen LogP contribution in [-0.4, -0.2) is 52.5 Å². The van der Waals surface area contributed by atoms with E-state index >= 15 is 0 Å². The molecule has 0 spiro atoms. The van der Waals surface area contributed by atoms with Gasteiger partial charge in [0.1, 0.15) is 5.69 Å². The van der Waals surface area contributed by atoms with E-state index in [9.17, 15) is 4.79 Å². The number of halogens is 1. The largest absolute Gasteiger partial charge is 0.379 e. The van der Waals surface area contributed by atoms with Crippen LogP contribution in [0.25, 0.3) is 11.4 Å². The number of hydrogen-bond acceptors (Lipinski definition) is 5. The van der Waals surface area contributed by atoms with Crippen molar-refractivity contribution in [2.75, 3.05) is 32.8 Å². The fourth-order valence-corrected chi connectivity index (χ4v) is 3.83. The normalized spacial score (nSPS) is 14.8. The topological polar surface area (TPSA) is 60.2 Å². The molecule has 3 aromatic rings. The van der Waals surface area contributed by atoms with Gasteiger partial charge < -0.3 is 4.74 Å². The molecular formula is C22H23BrN4O2. The monoisotopic (exact) mass is 454 g/mol. The zero-order valence-corrected chi connectivity index (χ0v) is 17.7. The van der Waals surface area contributed by atoms with Gasteiger partial charge in [0.2, 0.25) is 0 Å². The molecule has 0 N–H and O–H groups in total. The second kappa shape index (κ2) is 9.43. The lowest BCUT2D eigenvalue weighted by Gasteiger charge is -2.26. The Bertz CT molecular complexity index is 1020. The van der Waals surface area contributed by atoms with Crippen molar-refractivity contribution in [3.8, 4) is 11.4 Å². The van der Waals surface area contributed by atoms with Gasteiger partial charge in [0, 0.05) is 36.1 Å². The highest BCUT2D eigenvalue weighted by molar-refractivity contribution is 9.10. The van der Waals surface area contributed by atoms with E-state index in [1.165, 1.54) is 0 Å². The number of morpholine rings is 1. The summed E-state index contributed by atoms with van der Waals surface area (Å²) in [4.78, 5) is 20.0. The molecule has 1 saturated heterocycles. The molecule has 1 aromatic heterocycles. The summed E-state index contributed by atoms with van der Waals surface area (Å²) in [6, 6.07) is 17.8. The molecular weight excluding hydrogens is 432 g/mol. The summed E-state index contributed by atoms with van der Waals surface area (Å²) in [5.74, 6) is 0.581. The quantitative estimate of drug-likeness (QED) is 0.572. The maximum absolute atomic E-state index is 13.1. The summed E-state index contributed by atoms with van der Waals surface area (Å²) in [7, 11) is 0. The van der Waals surface area contributed by atoms with Gasteiger partial charge in [-0.1, -0.05) is 58.4 Å². The Labute approximate surface area is 178 Å². The van der Waals surface area contributed by atoms with Crippen LogP contribution in [0.2, 0.25) is 0 Å². The van der Waals surface area contributed by atoms with Crippen molar-refractivity contribution in [2.24, 2.45) is 0 Å². The van der Waals surface area contributed by atoms with Gasteiger partial charge in [0.15, 0.2) is 5.82 Å². The van der Waals surface area contributed by atoms with Gasteiger partial charge in [-0.3, -0.25) is 9.69 Å². The molecule has 1 aliphatic heterocycles. The van der Waals surface area contributed by atoms with E-state index in [1.807, 2.05) is 54.6 Å². The fraction of sp³-hybridized carbons (Fsp3) is 0.318. The minimum Gasteiger partial charge on any atom is -0.379 e. The average Bonchev–Trinajstić information content (AvgIpc) is 2.76. The van der Waals surface area contributed by atoms with Gasteiger partial charge >= 0.3 is 0 Å². The van der Waals surface area contributed by atoms with Crippen LogP contribution in [-0.2, 0) is 17.7 Å². The molecule has 0 radical (unpaired) electrons. The molecule has 0 saturated carbocycles. The van der Waals surface area contributed by atoms with Crippen molar-refractivity contribution in [3.05, 3.63) is 80.7 Å². The first kappa shape index (κ1) is 19.9. The molecule has 7 heteroatoms. The van der Waals surface area contributed by atoms with Gasteiger partial charge in [-0.15, -0.1) is 5.10 Å². The predicted octanol–water partition coefficient (Wildman–Crippen LogP) is 2.99. The third-order valence-electron chi connectivity index (χ3n) is 4.96. The van der Waals surface area contributed by atoms with Gasteiger partial charge in [0.25, 0.3) is 5.56 Å². The lowest BCUT2D eigenvalue weighted by molar-refractivity contribution is 0.0357. The van der Waals surface area contributed by atoms with Crippen molar-refractivity contribution in [1.29, 1.82) is 0 Å². The van der Waals surface area contributed by atoms with Crippen LogP contribution in [0.4, 0.5) is 0 Å². The standard InChI is InChI=1S/C22H23BrN4O2/c23-19-8-4-5-17(15-19)16-20-22(28)27(10-9-26-11-13-29-14-12-26)25-21(24-20)18-6-2-1-3-7-18/h1-8,15H,9-14,16H2. The number of aromatic nitrogens is 3. The number of nitrogens with zero attached hydrogens (tertiary/aromatic N) is 4. The van der Waals surface area contributed by atoms with E-state index in [1.54, 1.807) is 4.68 Å². The molecule has 1 fully saturated rings. The molecule has 4 rings (SSSR count). The summed E-state index contributed by atoms with van der Waals surface area (Å²) in [5.41, 5.74) is 2.33. The minimum absolute atomic E-state index is 0.127. The minimum atomic E-state index is -0.127. The summed E-state index contributed by atoms with van der Waals surface area (Å²) in [5, 5.41) is 4.57. The third kappa shape index (κ3) is 5.18. The fourth-order valence-electron chi connectivity index (χ4n) is 3.38. The van der Waals surface area contributed by atoms with E-state index in [0.29, 0.717) is 24.5 Å². The van der Waals surface area contributed by atoms with Crippen LogP contribution < -0.4 is 5.56 Å². The molecule has 2 aromatic carbocycles. The smallest absolute Gasteiger partial charge is 0.288 e. The van der Waals surface area contributed by atoms with Crippen molar-refractivity contribution < 1.29 is 4.74 Å². The Kier molecular flexibility index (Phi) is 6.49. The van der Waals surface area contributed by atoms with Crippen molar-refractivity contribution in [2.45, 2.75) is 13.0 Å². The first-order valence-electron chi connectivity index (χ1n) is 9.77. The lowest BCUT2D eigenvalue weighted by Crippen LogP contribution is -2.40. The zero-order valence-electron chi connectivity index (χ0n) is 16.1. The van der Waals surface area contributed by atoms with E-state index < -0.39 is 0 Å². The molecule has 0 aliphatic carbocycles. The molecule has 6 nitrogen and oxygen atoms in total. The van der Waals surface area contributed by atoms with Crippen molar-refractivity contribution in [3.63, 3.8) is 0 Å². The first-order valence-corrected chi connectivity index (χ1v) is 10.6. The molecule has 150 valence electrons. The Balaban J connectivity index is 1.66. The second-order valence-electron chi connectivity index (χ2n) is 7.04. The molecule has 0 bridgehead atoms. The molecule has 0 amide bonds. The summed E-state index contributed by atoms with van der Waals surface area (Å²) >= 11 is 3.50. The first-order chi connectivity index (χ1) is 14.2. The maximum Gasteiger partial charge on any atom is 0.288 e. The van der Waals surface area contributed by atoms with Crippen LogP contribution >= 0.6 is 15.9 Å². The Hall–Kier alpha value is -2.35. The van der Waals surface area contributed by atoms with Gasteiger partial charge in [-0.25, -0.2) is 9.67 Å². The predicted molar refractivity (Wildman–Crippen MR) is 116 cm³/mol. The van der Waals surface area contributed by atoms with Gasteiger partial charge in [0.05, 0.1) is 19.8 Å². The van der Waals surface area contributed by atoms with Crippen LogP contribution in [0.1, 0.15) is 11.3 Å². The summed E-state index contributed by atoms with van der Waals surface area (Å²) in [6.07, 6.45) is 0.470. The summed E-state index contributed by atoms with van der Waals surface area (Å²) in [6.45, 7) is 4.55. The van der Waals surface area contributed by atoms with Crippen LogP contribution in [0, 0.1) is 0 Å². The highest BCUT2D eigenvalue weighted by Gasteiger charge is 2.15. The number of rotatable bonds is 6. The Morgan fingerprint density at radius 3 is 2.55 bits per heavy atom. The maximum atomic E-state index is 13.1. The van der Waals surface area contributed by atoms with Gasteiger partial charge in [-0.2, -0.15) is 0 Å². The molecule has 0 atom stereocenters. The average molecular weight is 455 g/mol. The van der Waals surface area contributed by atoms with Crippen LogP contribution in [0.5, 0.6) is 0 Å². The molecule has 2 heterocycles. The van der Waals surface area contributed by atoms with Crippen LogP contribution in [0.15, 0.2) is 63.9 Å². The van der Waals surface area contributed by atoms with E-state index in [4.69, 9.17) is 4.74 Å². The zero-order chi connectivity index (χ0) is 20.1. The number of hydrogen-bond donors (Lipinski definition) is 0. The van der Waals surface area contributed by atoms with E-state index in [2.05, 4.69) is 30.9 Å². The number of benzene rings is 2. The van der Waals surface area contributed by atoms with Crippen molar-refractivity contribution >= 4 is 15.9 Å². The van der Waals surface area contributed by atoms with Gasteiger partial charge in [-0.05, 0) is 17.7 Å². The van der Waals surface area contributed by atoms with E-state index in [0.717, 1.165) is 48.4 Å².